The first-order chi connectivity index (χ1) is 5.08. The van der Waals surface area contributed by atoms with Gasteiger partial charge in [-0.15, -0.1) is 0 Å². The van der Waals surface area contributed by atoms with Crippen LogP contribution in [0.25, 0.3) is 0 Å². The van der Waals surface area contributed by atoms with Gasteiger partial charge in [-0.3, -0.25) is 9.79 Å². The minimum absolute atomic E-state index is 0. The van der Waals surface area contributed by atoms with Crippen LogP contribution in [0.1, 0.15) is 0 Å². The van der Waals surface area contributed by atoms with Gasteiger partial charge >= 0.3 is 7.82 Å². The van der Waals surface area contributed by atoms with E-state index in [1.165, 1.54) is 12.1 Å². The zero-order valence-electron chi connectivity index (χ0n) is 8.54. The largest absolute Gasteiger partial charge is 0.524 e. The molecule has 0 atom stereocenters. The third-order valence-electron chi connectivity index (χ3n) is 0.968. The number of rotatable bonds is 2. The third-order valence-corrected chi connectivity index (χ3v) is 1.42. The van der Waals surface area contributed by atoms with E-state index in [9.17, 15) is 4.57 Å². The van der Waals surface area contributed by atoms with E-state index in [2.05, 4.69) is 4.52 Å². The molecule has 0 spiro atoms. The standard InChI is InChI=1S/C6H7O4P.2Na.2H2O/c7-11(8,9)10-6-4-2-1-3-5-6;;;;/h1-5H,(H2,7,8,9);;;2*1H2. The maximum Gasteiger partial charge on any atom is 0.524 e. The Kier molecular flexibility index (Phi) is 19.3. The van der Waals surface area contributed by atoms with Crippen LogP contribution in [0, 0.1) is 0 Å². The molecule has 1 rings (SSSR count). The molecule has 0 fully saturated rings. The number of benzene rings is 1. The summed E-state index contributed by atoms with van der Waals surface area (Å²) in [5, 5.41) is 0. The Labute approximate surface area is 131 Å². The van der Waals surface area contributed by atoms with E-state index in [1.807, 2.05) is 0 Å². The molecule has 1 aromatic carbocycles. The maximum atomic E-state index is 10.3. The summed E-state index contributed by atoms with van der Waals surface area (Å²) in [6.07, 6.45) is 0. The summed E-state index contributed by atoms with van der Waals surface area (Å²) in [7, 11) is -4.39. The van der Waals surface area contributed by atoms with E-state index >= 15 is 0 Å². The molecule has 0 aliphatic rings. The van der Waals surface area contributed by atoms with Gasteiger partial charge in [-0.1, -0.05) is 18.2 Å². The van der Waals surface area contributed by atoms with Gasteiger partial charge in [-0.25, -0.2) is 4.57 Å². The molecule has 78 valence electrons. The Morgan fingerprint density at radius 1 is 1.00 bits per heavy atom. The molecule has 0 aliphatic carbocycles. The van der Waals surface area contributed by atoms with Gasteiger partial charge in [-0.2, -0.15) is 0 Å². The first-order valence-corrected chi connectivity index (χ1v) is 4.41. The van der Waals surface area contributed by atoms with Gasteiger partial charge in [0.1, 0.15) is 5.75 Å². The topological polar surface area (TPSA) is 130 Å². The molecule has 0 saturated heterocycles. The number of hydrogen-bond acceptors (Lipinski definition) is 2. The van der Waals surface area contributed by atoms with Crippen LogP contribution in [-0.2, 0) is 4.57 Å². The third kappa shape index (κ3) is 13.0. The van der Waals surface area contributed by atoms with Crippen molar-refractivity contribution in [3.05, 3.63) is 30.3 Å². The number of para-hydroxylation sites is 1. The monoisotopic (exact) mass is 256 g/mol. The molecule has 15 heavy (non-hydrogen) atoms. The van der Waals surface area contributed by atoms with E-state index in [0.29, 0.717) is 0 Å². The number of phosphoric ester groups is 1. The molecule has 2 radical (unpaired) electrons. The summed E-state index contributed by atoms with van der Waals surface area (Å²) in [6, 6.07) is 7.93. The van der Waals surface area contributed by atoms with E-state index in [4.69, 9.17) is 9.79 Å². The number of hydrogen-bond donors (Lipinski definition) is 2. The van der Waals surface area contributed by atoms with Crippen LogP contribution in [0.4, 0.5) is 0 Å². The minimum Gasteiger partial charge on any atom is -0.412 e. The fourth-order valence-corrected chi connectivity index (χ4v) is 1.02. The van der Waals surface area contributed by atoms with Crippen LogP contribution in [0.2, 0.25) is 0 Å². The van der Waals surface area contributed by atoms with Gasteiger partial charge in [0.2, 0.25) is 0 Å². The van der Waals surface area contributed by atoms with Crippen LogP contribution in [0.5, 0.6) is 5.75 Å². The van der Waals surface area contributed by atoms with E-state index in [-0.39, 0.29) is 75.8 Å². The molecule has 0 amide bonds. The predicted octanol–water partition coefficient (Wildman–Crippen LogP) is -1.25. The molecule has 0 saturated carbocycles. The van der Waals surface area contributed by atoms with Crippen molar-refractivity contribution in [2.45, 2.75) is 0 Å². The predicted molar refractivity (Wildman–Crippen MR) is 57.8 cm³/mol. The second kappa shape index (κ2) is 11.6. The smallest absolute Gasteiger partial charge is 0.412 e. The van der Waals surface area contributed by atoms with Crippen LogP contribution in [0.15, 0.2) is 30.3 Å². The Bertz CT molecular complexity index is 276. The average Bonchev–Trinajstić information content (AvgIpc) is 1.85. The van der Waals surface area contributed by atoms with Crippen LogP contribution in [-0.4, -0.2) is 79.9 Å². The van der Waals surface area contributed by atoms with Gasteiger partial charge < -0.3 is 15.5 Å². The van der Waals surface area contributed by atoms with Crippen molar-refractivity contribution in [1.82, 2.24) is 0 Å². The second-order valence-electron chi connectivity index (χ2n) is 1.89. The van der Waals surface area contributed by atoms with Crippen LogP contribution < -0.4 is 4.52 Å². The summed E-state index contributed by atoms with van der Waals surface area (Å²) < 4.78 is 14.5. The number of phosphoric acid groups is 1. The fourth-order valence-electron chi connectivity index (χ4n) is 0.619. The molecule has 6 nitrogen and oxygen atoms in total. The first-order valence-electron chi connectivity index (χ1n) is 2.88. The van der Waals surface area contributed by atoms with E-state index in [0.717, 1.165) is 0 Å². The van der Waals surface area contributed by atoms with Crippen LogP contribution >= 0.6 is 7.82 Å². The zero-order valence-corrected chi connectivity index (χ0v) is 13.4. The van der Waals surface area contributed by atoms with Crippen molar-refractivity contribution in [1.29, 1.82) is 0 Å². The Hall–Kier alpha value is 1.09. The van der Waals surface area contributed by atoms with Crippen molar-refractivity contribution >= 4 is 66.9 Å². The van der Waals surface area contributed by atoms with Gasteiger partial charge in [0.05, 0.1) is 0 Å². The van der Waals surface area contributed by atoms with Gasteiger partial charge in [-0.05, 0) is 12.1 Å². The molecule has 1 aromatic rings. The SMILES string of the molecule is O.O.O=P(O)(O)Oc1ccccc1.[Na].[Na]. The quantitative estimate of drug-likeness (QED) is 0.505. The first kappa shape index (κ1) is 25.1. The van der Waals surface area contributed by atoms with Crippen molar-refractivity contribution in [3.63, 3.8) is 0 Å². The van der Waals surface area contributed by atoms with Crippen molar-refractivity contribution in [2.24, 2.45) is 0 Å². The molecule has 9 heteroatoms. The van der Waals surface area contributed by atoms with Gasteiger partial charge in [0.15, 0.2) is 0 Å². The fraction of sp³-hybridized carbons (Fsp3) is 0. The van der Waals surface area contributed by atoms with E-state index < -0.39 is 7.82 Å². The molecule has 0 bridgehead atoms. The summed E-state index contributed by atoms with van der Waals surface area (Å²) >= 11 is 0. The molecule has 6 N–H and O–H groups in total. The Morgan fingerprint density at radius 3 is 1.73 bits per heavy atom. The molecular formula is C6H11Na2O6P. The van der Waals surface area contributed by atoms with Crippen LogP contribution in [0.3, 0.4) is 0 Å². The summed E-state index contributed by atoms with van der Waals surface area (Å²) in [5.74, 6) is 0.167. The maximum absolute atomic E-state index is 10.3. The summed E-state index contributed by atoms with van der Waals surface area (Å²) in [6.45, 7) is 0. The molecular weight excluding hydrogens is 245 g/mol. The summed E-state index contributed by atoms with van der Waals surface area (Å²) in [4.78, 5) is 16.7. The molecule has 0 aliphatic heterocycles. The zero-order chi connectivity index (χ0) is 8.32. The average molecular weight is 256 g/mol. The molecule has 0 aromatic heterocycles. The normalized spacial score (nSPS) is 8.13. The summed E-state index contributed by atoms with van der Waals surface area (Å²) in [5.41, 5.74) is 0. The van der Waals surface area contributed by atoms with Crippen molar-refractivity contribution in [3.8, 4) is 5.75 Å². The molecule has 0 heterocycles. The van der Waals surface area contributed by atoms with E-state index in [1.54, 1.807) is 18.2 Å². The minimum atomic E-state index is -4.39. The Morgan fingerprint density at radius 2 is 1.40 bits per heavy atom. The Balaban J connectivity index is -0.000000151. The van der Waals surface area contributed by atoms with Crippen molar-refractivity contribution < 1.29 is 29.8 Å². The van der Waals surface area contributed by atoms with Gasteiger partial charge in [0.25, 0.3) is 0 Å². The molecule has 0 unspecified atom stereocenters. The van der Waals surface area contributed by atoms with Gasteiger partial charge in [0, 0.05) is 59.1 Å². The second-order valence-corrected chi connectivity index (χ2v) is 3.06. The van der Waals surface area contributed by atoms with Crippen molar-refractivity contribution in [2.75, 3.05) is 0 Å².